The maximum Gasteiger partial charge on any atom is 0.305 e. The molecule has 2 atom stereocenters. The van der Waals surface area contributed by atoms with Crippen molar-refractivity contribution in [3.63, 3.8) is 0 Å². The molecule has 6 nitrogen and oxygen atoms in total. The number of allylic oxidation sites excluding steroid dienone is 2. The van der Waals surface area contributed by atoms with Crippen LogP contribution in [0.25, 0.3) is 0 Å². The van der Waals surface area contributed by atoms with E-state index < -0.39 is 12.1 Å². The molecule has 1 amide bonds. The van der Waals surface area contributed by atoms with Crippen molar-refractivity contribution in [3.05, 3.63) is 12.2 Å². The standard InChI is InChI=1S/C55H107NO5/c1-3-5-7-9-11-13-15-17-24-27-31-35-39-43-47-53(58)52(51-57)56-54(59)48-44-40-36-32-28-25-22-20-18-19-21-23-26-30-34-38-42-46-50-61-55(60)49-45-41-37-33-29-16-14-12-10-8-6-4-2/h20,22,52-53,57-58H,3-19,21,23-51H2,1-2H3,(H,56,59)/b22-20-. The van der Waals surface area contributed by atoms with E-state index in [1.54, 1.807) is 0 Å². The molecule has 0 aromatic rings. The van der Waals surface area contributed by atoms with Crippen LogP contribution in [-0.4, -0.2) is 47.4 Å². The first-order valence-electron chi connectivity index (χ1n) is 27.4. The number of nitrogens with one attached hydrogen (secondary N) is 1. The van der Waals surface area contributed by atoms with E-state index in [0.717, 1.165) is 57.8 Å². The number of aliphatic hydroxyl groups is 2. The number of esters is 1. The average Bonchev–Trinajstić information content (AvgIpc) is 3.26. The molecular weight excluding hydrogens is 755 g/mol. The smallest absolute Gasteiger partial charge is 0.305 e. The van der Waals surface area contributed by atoms with E-state index in [9.17, 15) is 19.8 Å². The second-order valence-electron chi connectivity index (χ2n) is 18.9. The van der Waals surface area contributed by atoms with Crippen LogP contribution >= 0.6 is 0 Å². The van der Waals surface area contributed by atoms with Gasteiger partial charge < -0.3 is 20.3 Å². The lowest BCUT2D eigenvalue weighted by molar-refractivity contribution is -0.143. The van der Waals surface area contributed by atoms with Crippen LogP contribution in [0.3, 0.4) is 0 Å². The van der Waals surface area contributed by atoms with E-state index in [1.165, 1.54) is 212 Å². The van der Waals surface area contributed by atoms with Crippen LogP contribution in [-0.2, 0) is 14.3 Å². The fourth-order valence-electron chi connectivity index (χ4n) is 8.58. The van der Waals surface area contributed by atoms with Crippen molar-refractivity contribution in [1.82, 2.24) is 5.32 Å². The van der Waals surface area contributed by atoms with Gasteiger partial charge in [-0.15, -0.1) is 0 Å². The summed E-state index contributed by atoms with van der Waals surface area (Å²) in [5.41, 5.74) is 0. The summed E-state index contributed by atoms with van der Waals surface area (Å²) in [6.07, 6.45) is 59.0. The van der Waals surface area contributed by atoms with Gasteiger partial charge in [-0.3, -0.25) is 9.59 Å². The minimum Gasteiger partial charge on any atom is -0.466 e. The zero-order chi connectivity index (χ0) is 44.4. The SMILES string of the molecule is CCCCCCCCCCCCCCCCC(O)C(CO)NC(=O)CCCCCCC/C=C\CCCCCCCCCCCOC(=O)CCCCCCCCCCCCCC. The summed E-state index contributed by atoms with van der Waals surface area (Å²) in [5, 5.41) is 23.2. The Labute approximate surface area is 380 Å². The highest BCUT2D eigenvalue weighted by Gasteiger charge is 2.20. The van der Waals surface area contributed by atoms with Gasteiger partial charge in [-0.05, 0) is 51.4 Å². The average molecular weight is 862 g/mol. The van der Waals surface area contributed by atoms with Crippen LogP contribution in [0.1, 0.15) is 303 Å². The predicted molar refractivity (Wildman–Crippen MR) is 264 cm³/mol. The Bertz CT molecular complexity index is 909. The third-order valence-electron chi connectivity index (χ3n) is 12.8. The molecule has 0 saturated carbocycles. The molecule has 0 fully saturated rings. The monoisotopic (exact) mass is 862 g/mol. The van der Waals surface area contributed by atoms with Crippen LogP contribution in [0.15, 0.2) is 12.2 Å². The summed E-state index contributed by atoms with van der Waals surface area (Å²) >= 11 is 0. The minimum absolute atomic E-state index is 0.00392. The van der Waals surface area contributed by atoms with Crippen LogP contribution in [0.4, 0.5) is 0 Å². The van der Waals surface area contributed by atoms with E-state index in [2.05, 4.69) is 31.3 Å². The van der Waals surface area contributed by atoms with Gasteiger partial charge in [0.05, 0.1) is 25.4 Å². The van der Waals surface area contributed by atoms with Crippen LogP contribution in [0.5, 0.6) is 0 Å². The number of carbonyl (C=O) groups excluding carboxylic acids is 2. The van der Waals surface area contributed by atoms with Gasteiger partial charge in [0.25, 0.3) is 0 Å². The van der Waals surface area contributed by atoms with Gasteiger partial charge in [0.15, 0.2) is 0 Å². The van der Waals surface area contributed by atoms with E-state index in [0.29, 0.717) is 25.9 Å². The van der Waals surface area contributed by atoms with E-state index in [1.807, 2.05) is 0 Å². The van der Waals surface area contributed by atoms with Crippen LogP contribution < -0.4 is 5.32 Å². The molecule has 0 saturated heterocycles. The van der Waals surface area contributed by atoms with Crippen LogP contribution in [0, 0.1) is 0 Å². The van der Waals surface area contributed by atoms with Gasteiger partial charge in [-0.1, -0.05) is 251 Å². The first-order valence-corrected chi connectivity index (χ1v) is 27.4. The van der Waals surface area contributed by atoms with E-state index >= 15 is 0 Å². The van der Waals surface area contributed by atoms with Crippen molar-refractivity contribution in [2.24, 2.45) is 0 Å². The number of ether oxygens (including phenoxy) is 1. The molecule has 2 unspecified atom stereocenters. The maximum atomic E-state index is 12.4. The molecule has 0 radical (unpaired) electrons. The topological polar surface area (TPSA) is 95.9 Å². The molecule has 0 aliphatic carbocycles. The summed E-state index contributed by atoms with van der Waals surface area (Å²) in [6, 6.07) is -0.550. The zero-order valence-electron chi connectivity index (χ0n) is 41.2. The summed E-state index contributed by atoms with van der Waals surface area (Å²) in [7, 11) is 0. The third-order valence-corrected chi connectivity index (χ3v) is 12.8. The normalized spacial score (nSPS) is 12.7. The Hall–Kier alpha value is -1.40. The number of aliphatic hydroxyl groups excluding tert-OH is 2. The summed E-state index contributed by atoms with van der Waals surface area (Å²) in [6.45, 7) is 4.94. The Morgan fingerprint density at radius 2 is 0.770 bits per heavy atom. The van der Waals surface area contributed by atoms with E-state index in [-0.39, 0.29) is 18.5 Å². The molecule has 61 heavy (non-hydrogen) atoms. The second kappa shape index (κ2) is 51.2. The fraction of sp³-hybridized carbons (Fsp3) is 0.927. The molecule has 0 rings (SSSR count). The van der Waals surface area contributed by atoms with Gasteiger partial charge in [-0.2, -0.15) is 0 Å². The molecular formula is C55H107NO5. The van der Waals surface area contributed by atoms with Crippen molar-refractivity contribution >= 4 is 11.9 Å². The largest absolute Gasteiger partial charge is 0.466 e. The first kappa shape index (κ1) is 59.6. The maximum absolute atomic E-state index is 12.4. The highest BCUT2D eigenvalue weighted by Crippen LogP contribution is 2.17. The molecule has 0 aliphatic rings. The summed E-state index contributed by atoms with van der Waals surface area (Å²) < 4.78 is 5.46. The minimum atomic E-state index is -0.671. The molecule has 0 aromatic heterocycles. The molecule has 0 heterocycles. The lowest BCUT2D eigenvalue weighted by Gasteiger charge is -2.22. The second-order valence-corrected chi connectivity index (χ2v) is 18.9. The van der Waals surface area contributed by atoms with Crippen molar-refractivity contribution < 1.29 is 24.5 Å². The first-order chi connectivity index (χ1) is 30.0. The number of hydrogen-bond donors (Lipinski definition) is 3. The van der Waals surface area contributed by atoms with Crippen molar-refractivity contribution in [2.45, 2.75) is 315 Å². The lowest BCUT2D eigenvalue weighted by Crippen LogP contribution is -2.45. The van der Waals surface area contributed by atoms with Gasteiger partial charge in [0, 0.05) is 12.8 Å². The van der Waals surface area contributed by atoms with Crippen molar-refractivity contribution in [1.29, 1.82) is 0 Å². The molecule has 0 aliphatic heterocycles. The predicted octanol–water partition coefficient (Wildman–Crippen LogP) is 16.5. The number of carbonyl (C=O) groups is 2. The highest BCUT2D eigenvalue weighted by atomic mass is 16.5. The molecule has 0 spiro atoms. The third kappa shape index (κ3) is 47.9. The number of unbranched alkanes of at least 4 members (excludes halogenated alkanes) is 38. The van der Waals surface area contributed by atoms with Crippen LogP contribution in [0.2, 0.25) is 0 Å². The summed E-state index contributed by atoms with van der Waals surface area (Å²) in [5.74, 6) is -0.0441. The quantitative estimate of drug-likeness (QED) is 0.0322. The lowest BCUT2D eigenvalue weighted by atomic mass is 10.0. The van der Waals surface area contributed by atoms with Gasteiger partial charge in [0.1, 0.15) is 0 Å². The number of hydrogen-bond acceptors (Lipinski definition) is 5. The number of rotatable bonds is 51. The molecule has 6 heteroatoms. The molecule has 362 valence electrons. The Kier molecular flexibility index (Phi) is 50.1. The molecule has 3 N–H and O–H groups in total. The highest BCUT2D eigenvalue weighted by molar-refractivity contribution is 5.76. The molecule has 0 bridgehead atoms. The van der Waals surface area contributed by atoms with E-state index in [4.69, 9.17) is 4.74 Å². The zero-order valence-corrected chi connectivity index (χ0v) is 41.2. The molecule has 0 aromatic carbocycles. The Balaban J connectivity index is 3.44. The van der Waals surface area contributed by atoms with Gasteiger partial charge in [0.2, 0.25) is 5.91 Å². The summed E-state index contributed by atoms with van der Waals surface area (Å²) in [4.78, 5) is 24.4. The van der Waals surface area contributed by atoms with Gasteiger partial charge >= 0.3 is 5.97 Å². The fourth-order valence-corrected chi connectivity index (χ4v) is 8.58. The Morgan fingerprint density at radius 3 is 1.16 bits per heavy atom. The Morgan fingerprint density at radius 1 is 0.443 bits per heavy atom. The van der Waals surface area contributed by atoms with Gasteiger partial charge in [-0.25, -0.2) is 0 Å². The van der Waals surface area contributed by atoms with Crippen molar-refractivity contribution in [3.8, 4) is 0 Å². The number of amides is 1. The van der Waals surface area contributed by atoms with Crippen molar-refractivity contribution in [2.75, 3.05) is 13.2 Å².